The Kier molecular flexibility index (Phi) is 4.84. The fraction of sp³-hybridized carbons (Fsp3) is 0.294. The Morgan fingerprint density at radius 1 is 1.15 bits per heavy atom. The van der Waals surface area contributed by atoms with Crippen molar-refractivity contribution in [1.82, 2.24) is 0 Å². The van der Waals surface area contributed by atoms with Gasteiger partial charge in [-0.2, -0.15) is 0 Å². The molecule has 2 rings (SSSR count). The Bertz CT molecular complexity index is 593. The van der Waals surface area contributed by atoms with E-state index in [4.69, 9.17) is 5.73 Å². The summed E-state index contributed by atoms with van der Waals surface area (Å²) in [6, 6.07) is 15.0. The maximum Gasteiger partial charge on any atom is 0.0422 e. The molecule has 1 atom stereocenters. The first kappa shape index (κ1) is 15.1. The van der Waals surface area contributed by atoms with Gasteiger partial charge in [0.15, 0.2) is 0 Å². The van der Waals surface area contributed by atoms with Crippen LogP contribution >= 0.6 is 15.9 Å². The van der Waals surface area contributed by atoms with Gasteiger partial charge in [0.05, 0.1) is 0 Å². The molecule has 0 bridgehead atoms. The molecular formula is C17H21BrN2. The third-order valence-corrected chi connectivity index (χ3v) is 4.10. The highest BCUT2D eigenvalue weighted by Crippen LogP contribution is 2.31. The van der Waals surface area contributed by atoms with Crippen LogP contribution in [0.5, 0.6) is 0 Å². The Hall–Kier alpha value is -1.32. The third-order valence-electron chi connectivity index (χ3n) is 3.42. The lowest BCUT2D eigenvalue weighted by Gasteiger charge is -2.25. The van der Waals surface area contributed by atoms with Crippen molar-refractivity contribution in [3.63, 3.8) is 0 Å². The summed E-state index contributed by atoms with van der Waals surface area (Å²) >= 11 is 3.63. The van der Waals surface area contributed by atoms with Crippen LogP contribution in [-0.2, 0) is 0 Å². The van der Waals surface area contributed by atoms with Gasteiger partial charge in [-0.25, -0.2) is 0 Å². The number of anilines is 2. The van der Waals surface area contributed by atoms with Gasteiger partial charge >= 0.3 is 0 Å². The van der Waals surface area contributed by atoms with Crippen LogP contribution in [0.25, 0.3) is 0 Å². The minimum atomic E-state index is 0.0347. The third kappa shape index (κ3) is 3.22. The molecule has 0 aliphatic heterocycles. The van der Waals surface area contributed by atoms with E-state index in [0.29, 0.717) is 0 Å². The average molecular weight is 333 g/mol. The number of hydrogen-bond donors (Lipinski definition) is 1. The summed E-state index contributed by atoms with van der Waals surface area (Å²) in [5, 5.41) is 0. The molecule has 0 fully saturated rings. The molecule has 0 amide bonds. The molecule has 0 aliphatic carbocycles. The van der Waals surface area contributed by atoms with E-state index in [-0.39, 0.29) is 6.04 Å². The smallest absolute Gasteiger partial charge is 0.0422 e. The first-order chi connectivity index (χ1) is 9.52. The van der Waals surface area contributed by atoms with Gasteiger partial charge < -0.3 is 10.6 Å². The lowest BCUT2D eigenvalue weighted by atomic mass is 10.1. The van der Waals surface area contributed by atoms with Crippen molar-refractivity contribution in [1.29, 1.82) is 0 Å². The van der Waals surface area contributed by atoms with E-state index in [2.05, 4.69) is 77.1 Å². The lowest BCUT2D eigenvalue weighted by Crippen LogP contribution is -2.16. The molecule has 1 unspecified atom stereocenters. The maximum absolute atomic E-state index is 5.96. The first-order valence-corrected chi connectivity index (χ1v) is 7.71. The molecule has 0 radical (unpaired) electrons. The summed E-state index contributed by atoms with van der Waals surface area (Å²) in [5.41, 5.74) is 10.8. The summed E-state index contributed by atoms with van der Waals surface area (Å²) in [4.78, 5) is 2.29. The molecule has 106 valence electrons. The van der Waals surface area contributed by atoms with E-state index in [1.54, 1.807) is 0 Å². The molecule has 0 saturated carbocycles. The van der Waals surface area contributed by atoms with E-state index >= 15 is 0 Å². The van der Waals surface area contributed by atoms with E-state index in [1.807, 2.05) is 6.92 Å². The SMILES string of the molecule is CCN(c1cccc(C)c1)c1ccc(C(C)N)c(Br)c1. The second-order valence-electron chi connectivity index (χ2n) is 5.08. The van der Waals surface area contributed by atoms with Crippen LogP contribution in [-0.4, -0.2) is 6.54 Å². The van der Waals surface area contributed by atoms with Crippen molar-refractivity contribution in [2.75, 3.05) is 11.4 Å². The minimum Gasteiger partial charge on any atom is -0.342 e. The minimum absolute atomic E-state index is 0.0347. The van der Waals surface area contributed by atoms with Crippen molar-refractivity contribution < 1.29 is 0 Å². The molecule has 0 spiro atoms. The number of hydrogen-bond acceptors (Lipinski definition) is 2. The van der Waals surface area contributed by atoms with Crippen molar-refractivity contribution in [2.24, 2.45) is 5.73 Å². The van der Waals surface area contributed by atoms with E-state index in [0.717, 1.165) is 16.6 Å². The van der Waals surface area contributed by atoms with Gasteiger partial charge in [-0.05, 0) is 56.2 Å². The monoisotopic (exact) mass is 332 g/mol. The molecule has 0 saturated heterocycles. The fourth-order valence-electron chi connectivity index (χ4n) is 2.36. The summed E-state index contributed by atoms with van der Waals surface area (Å²) in [6.45, 7) is 7.20. The molecule has 0 heterocycles. The number of aryl methyl sites for hydroxylation is 1. The number of halogens is 1. The Balaban J connectivity index is 2.40. The topological polar surface area (TPSA) is 29.3 Å². The van der Waals surface area contributed by atoms with Gasteiger partial charge in [-0.15, -0.1) is 0 Å². The predicted octanol–water partition coefficient (Wildman–Crippen LogP) is 4.94. The molecule has 20 heavy (non-hydrogen) atoms. The van der Waals surface area contributed by atoms with Gasteiger partial charge in [0, 0.05) is 28.4 Å². The van der Waals surface area contributed by atoms with E-state index < -0.39 is 0 Å². The van der Waals surface area contributed by atoms with Crippen LogP contribution < -0.4 is 10.6 Å². The highest BCUT2D eigenvalue weighted by molar-refractivity contribution is 9.10. The average Bonchev–Trinajstić information content (AvgIpc) is 2.39. The van der Waals surface area contributed by atoms with Gasteiger partial charge in [-0.1, -0.05) is 34.1 Å². The van der Waals surface area contributed by atoms with E-state index in [9.17, 15) is 0 Å². The molecular weight excluding hydrogens is 312 g/mol. The normalized spacial score (nSPS) is 12.2. The Labute approximate surface area is 129 Å². The van der Waals surface area contributed by atoms with Gasteiger partial charge in [0.1, 0.15) is 0 Å². The second-order valence-corrected chi connectivity index (χ2v) is 5.93. The number of nitrogens with zero attached hydrogens (tertiary/aromatic N) is 1. The summed E-state index contributed by atoms with van der Waals surface area (Å²) in [5.74, 6) is 0. The van der Waals surface area contributed by atoms with Crippen LogP contribution in [0.4, 0.5) is 11.4 Å². The zero-order valence-corrected chi connectivity index (χ0v) is 13.8. The van der Waals surface area contributed by atoms with Crippen molar-refractivity contribution in [3.8, 4) is 0 Å². The molecule has 3 heteroatoms. The summed E-state index contributed by atoms with van der Waals surface area (Å²) in [6.07, 6.45) is 0. The molecule has 0 aliphatic rings. The van der Waals surface area contributed by atoms with Crippen LogP contribution in [0.15, 0.2) is 46.9 Å². The maximum atomic E-state index is 5.96. The molecule has 2 aromatic carbocycles. The Morgan fingerprint density at radius 2 is 1.85 bits per heavy atom. The molecule has 2 nitrogen and oxygen atoms in total. The lowest BCUT2D eigenvalue weighted by molar-refractivity contribution is 0.813. The van der Waals surface area contributed by atoms with Crippen molar-refractivity contribution in [2.45, 2.75) is 26.8 Å². The highest BCUT2D eigenvalue weighted by Gasteiger charge is 2.11. The standard InChI is InChI=1S/C17H21BrN2/c1-4-20(14-7-5-6-12(2)10-14)15-8-9-16(13(3)19)17(18)11-15/h5-11,13H,4,19H2,1-3H3. The second kappa shape index (κ2) is 6.42. The fourth-order valence-corrected chi connectivity index (χ4v) is 3.09. The number of benzene rings is 2. The van der Waals surface area contributed by atoms with Crippen LogP contribution in [0.3, 0.4) is 0 Å². The molecule has 2 N–H and O–H groups in total. The predicted molar refractivity (Wildman–Crippen MR) is 90.6 cm³/mol. The number of rotatable bonds is 4. The van der Waals surface area contributed by atoms with Crippen molar-refractivity contribution in [3.05, 3.63) is 58.1 Å². The Morgan fingerprint density at radius 3 is 2.40 bits per heavy atom. The summed E-state index contributed by atoms with van der Waals surface area (Å²) < 4.78 is 1.07. The zero-order chi connectivity index (χ0) is 14.7. The summed E-state index contributed by atoms with van der Waals surface area (Å²) in [7, 11) is 0. The quantitative estimate of drug-likeness (QED) is 0.859. The van der Waals surface area contributed by atoms with Gasteiger partial charge in [-0.3, -0.25) is 0 Å². The first-order valence-electron chi connectivity index (χ1n) is 6.92. The molecule has 2 aromatic rings. The van der Waals surface area contributed by atoms with Crippen LogP contribution in [0.2, 0.25) is 0 Å². The number of nitrogens with two attached hydrogens (primary N) is 1. The molecule has 0 aromatic heterocycles. The zero-order valence-electron chi connectivity index (χ0n) is 12.2. The largest absolute Gasteiger partial charge is 0.342 e. The van der Waals surface area contributed by atoms with Gasteiger partial charge in [0.2, 0.25) is 0 Å². The van der Waals surface area contributed by atoms with Crippen LogP contribution in [0.1, 0.15) is 31.0 Å². The van der Waals surface area contributed by atoms with Gasteiger partial charge in [0.25, 0.3) is 0 Å². The van der Waals surface area contributed by atoms with E-state index in [1.165, 1.54) is 16.9 Å². The van der Waals surface area contributed by atoms with Crippen LogP contribution in [0, 0.1) is 6.92 Å². The van der Waals surface area contributed by atoms with Crippen molar-refractivity contribution >= 4 is 27.3 Å². The highest BCUT2D eigenvalue weighted by atomic mass is 79.9.